The molecule has 0 fully saturated rings. The average Bonchev–Trinajstić information content (AvgIpc) is 2.43. The van der Waals surface area contributed by atoms with Gasteiger partial charge in [-0.15, -0.1) is 0 Å². The Balaban J connectivity index is 5.89. The summed E-state index contributed by atoms with van der Waals surface area (Å²) in [5.41, 5.74) is 2.27. The van der Waals surface area contributed by atoms with Gasteiger partial charge < -0.3 is 0 Å². The van der Waals surface area contributed by atoms with Crippen molar-refractivity contribution in [3.8, 4) is 0 Å². The van der Waals surface area contributed by atoms with E-state index in [2.05, 4.69) is 17.7 Å². The molecule has 0 aromatic heterocycles. The van der Waals surface area contributed by atoms with Crippen LogP contribution in [0.15, 0.2) is 0 Å². The molecule has 0 atom stereocenters. The van der Waals surface area contributed by atoms with Gasteiger partial charge in [0.1, 0.15) is 0 Å². The van der Waals surface area contributed by atoms with Crippen molar-refractivity contribution in [2.75, 3.05) is 26.2 Å². The van der Waals surface area contributed by atoms with Gasteiger partial charge in [0.2, 0.25) is 0 Å². The summed E-state index contributed by atoms with van der Waals surface area (Å²) in [4.78, 5) is 0. The predicted molar refractivity (Wildman–Crippen MR) is 76.3 cm³/mol. The quantitative estimate of drug-likeness (QED) is 0.210. The molecule has 0 aliphatic carbocycles. The summed E-state index contributed by atoms with van der Waals surface area (Å²) in [6, 6.07) is 0. The van der Waals surface area contributed by atoms with Crippen LogP contribution in [0.3, 0.4) is 0 Å². The number of nitrogens with one attached hydrogen (secondary N) is 4. The van der Waals surface area contributed by atoms with E-state index in [0.29, 0.717) is 25.7 Å². The van der Waals surface area contributed by atoms with E-state index in [0.717, 1.165) is 0 Å². The van der Waals surface area contributed by atoms with Gasteiger partial charge in [0, 0.05) is 0 Å². The second kappa shape index (κ2) is 6.14. The molecule has 9 heteroatoms. The molecule has 0 bridgehead atoms. The summed E-state index contributed by atoms with van der Waals surface area (Å²) in [6.45, 7) is 7.32. The van der Waals surface area contributed by atoms with Gasteiger partial charge in [0.25, 0.3) is 0 Å². The van der Waals surface area contributed by atoms with Crippen molar-refractivity contribution in [3.63, 3.8) is 0 Å². The Morgan fingerprint density at radius 3 is 1.29 bits per heavy atom. The topological polar surface area (TPSA) is 109 Å². The van der Waals surface area contributed by atoms with Crippen molar-refractivity contribution in [2.45, 2.75) is 53.4 Å². The monoisotopic (exact) mass is 398 g/mol. The van der Waals surface area contributed by atoms with Crippen LogP contribution in [0.1, 0.15) is 53.4 Å². The fraction of sp³-hybridized carbons (Fsp3) is 1.00. The first-order chi connectivity index (χ1) is 9.53. The van der Waals surface area contributed by atoms with Gasteiger partial charge in [0.05, 0.1) is 0 Å². The van der Waals surface area contributed by atoms with Crippen molar-refractivity contribution < 1.29 is 26.6 Å². The van der Waals surface area contributed by atoms with Crippen LogP contribution in [0.2, 0.25) is 0 Å². The summed E-state index contributed by atoms with van der Waals surface area (Å²) in [5, 5.41) is 0. The van der Waals surface area contributed by atoms with Crippen LogP contribution in [0.5, 0.6) is 0 Å². The van der Waals surface area contributed by atoms with Crippen LogP contribution in [-0.4, -0.2) is 26.2 Å². The average molecular weight is 397 g/mol. The molecule has 0 unspecified atom stereocenters. The maximum atomic E-state index is 13.4. The number of hydrogen-bond donors (Lipinski definition) is 4. The number of rotatable bonds is 13. The van der Waals surface area contributed by atoms with Gasteiger partial charge in [-0.2, -0.15) is 0 Å². The van der Waals surface area contributed by atoms with Crippen molar-refractivity contribution in [3.05, 3.63) is 0 Å². The predicted octanol–water partition coefficient (Wildman–Crippen LogP) is 1.37. The molecule has 0 aromatic rings. The first-order valence-electron chi connectivity index (χ1n) is 7.55. The summed E-state index contributed by atoms with van der Waals surface area (Å²) >= 11 is -8.33. The van der Waals surface area contributed by atoms with Gasteiger partial charge in [-0.3, -0.25) is 0 Å². The Hall–Kier alpha value is -0.177. The second-order valence-corrected chi connectivity index (χ2v) is 14.6. The molecule has 0 heterocycles. The molecule has 0 aromatic carbocycles. The van der Waals surface area contributed by atoms with Crippen LogP contribution >= 0.6 is 0 Å². The van der Waals surface area contributed by atoms with Crippen molar-refractivity contribution in [1.29, 1.82) is 0 Å². The number of hydroxylamine groups is 1. The zero-order valence-corrected chi connectivity index (χ0v) is 15.4. The summed E-state index contributed by atoms with van der Waals surface area (Å²) < 4.78 is 51.5. The minimum atomic E-state index is -8.33. The van der Waals surface area contributed by atoms with Crippen LogP contribution in [0.25, 0.3) is 0 Å². The standard InChI is InChI=1S/C3H8NO.3C3H8N.3O.Ru/c1-2-3-4-5;3*1-2-3-4;;;;/h4H,2-3H2,1H3;3*4H,2-3H2,1H3;;;;/q4*-1;;;;+4. The molecule has 21 heavy (non-hydrogen) atoms. The second-order valence-electron chi connectivity index (χ2n) is 5.08. The first kappa shape index (κ1) is 20.8. The first-order valence-corrected chi connectivity index (χ1v) is 13.0. The summed E-state index contributed by atoms with van der Waals surface area (Å²) in [7, 11) is 0. The van der Waals surface area contributed by atoms with Crippen molar-refractivity contribution >= 4 is 0 Å². The van der Waals surface area contributed by atoms with E-state index < -0.39 is 12.2 Å². The summed E-state index contributed by atoms with van der Waals surface area (Å²) in [6.07, 6.45) is 2.03. The molecule has 0 aliphatic rings. The van der Waals surface area contributed by atoms with E-state index in [-0.39, 0.29) is 26.2 Å². The molecule has 132 valence electrons. The van der Waals surface area contributed by atoms with Crippen LogP contribution in [-0.2, 0) is 26.6 Å². The fourth-order valence-corrected chi connectivity index (χ4v) is 8.07. The van der Waals surface area contributed by atoms with E-state index in [4.69, 9.17) is 3.66 Å². The Labute approximate surface area is 124 Å². The van der Waals surface area contributed by atoms with Gasteiger partial charge in [-0.25, -0.2) is 0 Å². The third kappa shape index (κ3) is 5.85. The molecule has 0 amide bonds. The SMILES string of the molecule is CCCN[O][Ru](=[O])(=[O])(=[O])([NH]CCC)([NH]CCC)[NH]CCC. The third-order valence-electron chi connectivity index (χ3n) is 2.60. The van der Waals surface area contributed by atoms with Crippen LogP contribution in [0, 0.1) is 0 Å². The number of hydrogen-bond acceptors (Lipinski definition) is 5. The zero-order chi connectivity index (χ0) is 16.6. The van der Waals surface area contributed by atoms with Gasteiger partial charge >= 0.3 is 124 Å². The van der Waals surface area contributed by atoms with E-state index in [1.165, 1.54) is 0 Å². The van der Waals surface area contributed by atoms with Crippen molar-refractivity contribution in [1.82, 2.24) is 17.7 Å². The molecule has 0 radical (unpaired) electrons. The van der Waals surface area contributed by atoms with Crippen LogP contribution in [0.4, 0.5) is 0 Å². The molecule has 8 nitrogen and oxygen atoms in total. The molecule has 0 rings (SSSR count). The Kier molecular flexibility index (Phi) is 6.09. The Morgan fingerprint density at radius 2 is 1.00 bits per heavy atom. The minimum absolute atomic E-state index is 0.0246. The van der Waals surface area contributed by atoms with Gasteiger partial charge in [-0.05, 0) is 0 Å². The maximum absolute atomic E-state index is 13.4. The van der Waals surface area contributed by atoms with Gasteiger partial charge in [0.15, 0.2) is 0 Å². The fourth-order valence-electron chi connectivity index (χ4n) is 1.45. The molecule has 0 saturated carbocycles. The normalized spacial score (nSPS) is 17.6. The van der Waals surface area contributed by atoms with Crippen LogP contribution < -0.4 is 17.7 Å². The molecule has 0 spiro atoms. The molecular weight excluding hydrogens is 365 g/mol. The molecule has 4 N–H and O–H groups in total. The molecule has 0 aliphatic heterocycles. The van der Waals surface area contributed by atoms with E-state index in [9.17, 15) is 10.7 Å². The van der Waals surface area contributed by atoms with Gasteiger partial charge in [-0.1, -0.05) is 0 Å². The Morgan fingerprint density at radius 1 is 0.667 bits per heavy atom. The third-order valence-corrected chi connectivity index (χ3v) is 9.98. The molecular formula is C12H32N4O4Ru. The van der Waals surface area contributed by atoms with E-state index >= 15 is 0 Å². The van der Waals surface area contributed by atoms with E-state index in [1.54, 1.807) is 20.8 Å². The van der Waals surface area contributed by atoms with E-state index in [1.807, 2.05) is 6.92 Å². The molecule has 0 saturated heterocycles. The Bertz CT molecular complexity index is 551. The summed E-state index contributed by atoms with van der Waals surface area (Å²) in [5.74, 6) is 0. The van der Waals surface area contributed by atoms with Crippen molar-refractivity contribution in [2.24, 2.45) is 0 Å². The zero-order valence-electron chi connectivity index (χ0n) is 13.6.